The number of imide groups is 1. The maximum atomic E-state index is 13.4. The number of nitrogens with zero attached hydrogens (tertiary/aromatic N) is 3. The lowest BCUT2D eigenvalue weighted by Crippen LogP contribution is -2.46. The normalized spacial score (nSPS) is 22.5. The Morgan fingerprint density at radius 1 is 1.06 bits per heavy atom. The van der Waals surface area contributed by atoms with Crippen LogP contribution in [0.1, 0.15) is 63.5 Å². The Bertz CT molecular complexity index is 1190. The summed E-state index contributed by atoms with van der Waals surface area (Å²) in [7, 11) is 0. The van der Waals surface area contributed by atoms with Gasteiger partial charge in [0.2, 0.25) is 0 Å². The van der Waals surface area contributed by atoms with E-state index in [1.807, 2.05) is 48.5 Å². The zero-order chi connectivity index (χ0) is 24.1. The van der Waals surface area contributed by atoms with E-state index in [0.29, 0.717) is 6.67 Å². The van der Waals surface area contributed by atoms with Gasteiger partial charge in [-0.25, -0.2) is 14.7 Å². The van der Waals surface area contributed by atoms with Crippen molar-refractivity contribution >= 4 is 23.0 Å². The van der Waals surface area contributed by atoms with Crippen LogP contribution in [0.2, 0.25) is 0 Å². The van der Waals surface area contributed by atoms with Crippen molar-refractivity contribution in [1.29, 1.82) is 0 Å². The molecule has 2 aromatic carbocycles. The summed E-state index contributed by atoms with van der Waals surface area (Å²) in [6.45, 7) is 10.1. The minimum Gasteiger partial charge on any atom is -0.440 e. The van der Waals surface area contributed by atoms with E-state index in [-0.39, 0.29) is 23.3 Å². The van der Waals surface area contributed by atoms with Crippen LogP contribution in [0.15, 0.2) is 52.9 Å². The smallest absolute Gasteiger partial charge is 0.326 e. The molecule has 3 aromatic rings. The fourth-order valence-corrected chi connectivity index (χ4v) is 4.91. The monoisotopic (exact) mass is 460 g/mol. The van der Waals surface area contributed by atoms with Gasteiger partial charge >= 0.3 is 6.03 Å². The van der Waals surface area contributed by atoms with Gasteiger partial charge in [-0.1, -0.05) is 57.2 Å². The molecular formula is C27H32N4O3. The van der Waals surface area contributed by atoms with Crippen LogP contribution in [-0.2, 0) is 15.7 Å². The van der Waals surface area contributed by atoms with Gasteiger partial charge in [0.25, 0.3) is 5.91 Å². The molecule has 7 nitrogen and oxygen atoms in total. The first-order valence-corrected chi connectivity index (χ1v) is 12.0. The zero-order valence-electron chi connectivity index (χ0n) is 20.3. The third kappa shape index (κ3) is 3.98. The molecule has 0 unspecified atom stereocenters. The van der Waals surface area contributed by atoms with E-state index in [1.54, 1.807) is 6.92 Å². The number of hydrogen-bond acceptors (Lipinski definition) is 5. The van der Waals surface area contributed by atoms with Crippen molar-refractivity contribution in [2.24, 2.45) is 0 Å². The van der Waals surface area contributed by atoms with E-state index >= 15 is 0 Å². The Hall–Kier alpha value is -3.19. The molecule has 2 aliphatic rings. The number of carbonyl (C=O) groups is 2. The number of hydrogen-bond donors (Lipinski definition) is 1. The standard InChI is InChI=1S/C27H32N4O3/c1-26(2,3)19-9-11-20(12-10-19)27(4)24(32)31(25(33)29-27)17-30-15-13-18(14-16-30)23-28-21-7-5-6-8-22(21)34-23/h5-12,18H,13-17H2,1-4H3,(H,29,33)/t27-/m1/s1. The van der Waals surface area contributed by atoms with Crippen LogP contribution < -0.4 is 5.32 Å². The molecule has 0 radical (unpaired) electrons. The molecule has 0 spiro atoms. The zero-order valence-corrected chi connectivity index (χ0v) is 20.3. The van der Waals surface area contributed by atoms with E-state index < -0.39 is 5.54 Å². The molecule has 5 rings (SSSR count). The summed E-state index contributed by atoms with van der Waals surface area (Å²) in [5.41, 5.74) is 2.66. The van der Waals surface area contributed by atoms with Gasteiger partial charge < -0.3 is 9.73 Å². The SMILES string of the molecule is CC(C)(C)c1ccc([C@@]2(C)NC(=O)N(CN3CCC(c4nc5ccccc5o4)CC3)C2=O)cc1. The Labute approximate surface area is 200 Å². The molecule has 178 valence electrons. The lowest BCUT2D eigenvalue weighted by molar-refractivity contribution is -0.132. The average Bonchev–Trinajstić information content (AvgIpc) is 3.34. The van der Waals surface area contributed by atoms with E-state index in [0.717, 1.165) is 48.5 Å². The summed E-state index contributed by atoms with van der Waals surface area (Å²) in [6.07, 6.45) is 1.75. The number of fused-ring (bicyclic) bond motifs is 1. The number of nitrogens with one attached hydrogen (secondary N) is 1. The van der Waals surface area contributed by atoms with Gasteiger partial charge in [-0.05, 0) is 48.4 Å². The van der Waals surface area contributed by atoms with Crippen molar-refractivity contribution in [2.45, 2.75) is 57.4 Å². The number of oxazole rings is 1. The summed E-state index contributed by atoms with van der Waals surface area (Å²) in [5, 5.41) is 2.93. The predicted octanol–water partition coefficient (Wildman–Crippen LogP) is 4.73. The van der Waals surface area contributed by atoms with Crippen LogP contribution in [0.3, 0.4) is 0 Å². The fourth-order valence-electron chi connectivity index (χ4n) is 4.91. The third-order valence-electron chi connectivity index (χ3n) is 7.19. The first kappa shape index (κ1) is 22.6. The highest BCUT2D eigenvalue weighted by Crippen LogP contribution is 2.33. The first-order valence-electron chi connectivity index (χ1n) is 12.0. The first-order chi connectivity index (χ1) is 16.1. The maximum Gasteiger partial charge on any atom is 0.326 e. The van der Waals surface area contributed by atoms with Gasteiger partial charge in [0, 0.05) is 19.0 Å². The molecule has 2 aliphatic heterocycles. The van der Waals surface area contributed by atoms with Gasteiger partial charge in [0.05, 0.1) is 6.67 Å². The molecular weight excluding hydrogens is 428 g/mol. The van der Waals surface area contributed by atoms with Crippen LogP contribution in [0.4, 0.5) is 4.79 Å². The number of likely N-dealkylation sites (tertiary alicyclic amines) is 1. The number of para-hydroxylation sites is 2. The van der Waals surface area contributed by atoms with Crippen LogP contribution in [0, 0.1) is 0 Å². The highest BCUT2D eigenvalue weighted by molar-refractivity contribution is 6.07. The number of amides is 3. The number of aromatic nitrogens is 1. The van der Waals surface area contributed by atoms with Crippen molar-refractivity contribution in [2.75, 3.05) is 19.8 Å². The number of urea groups is 1. The number of carbonyl (C=O) groups excluding carboxylic acids is 2. The van der Waals surface area contributed by atoms with Crippen LogP contribution in [-0.4, -0.2) is 46.5 Å². The van der Waals surface area contributed by atoms with Gasteiger partial charge in [-0.15, -0.1) is 0 Å². The van der Waals surface area contributed by atoms with Crippen LogP contribution >= 0.6 is 0 Å². The second-order valence-electron chi connectivity index (χ2n) is 10.7. The minimum absolute atomic E-state index is 0.0262. The van der Waals surface area contributed by atoms with E-state index in [1.165, 1.54) is 10.5 Å². The summed E-state index contributed by atoms with van der Waals surface area (Å²) < 4.78 is 5.96. The molecule has 1 N–H and O–H groups in total. The van der Waals surface area contributed by atoms with E-state index in [9.17, 15) is 9.59 Å². The summed E-state index contributed by atoms with van der Waals surface area (Å²) in [4.78, 5) is 34.3. The summed E-state index contributed by atoms with van der Waals surface area (Å²) >= 11 is 0. The molecule has 0 bridgehead atoms. The lowest BCUT2D eigenvalue weighted by atomic mass is 9.84. The van der Waals surface area contributed by atoms with Crippen molar-refractivity contribution in [1.82, 2.24) is 20.1 Å². The quantitative estimate of drug-likeness (QED) is 0.570. The van der Waals surface area contributed by atoms with Crippen molar-refractivity contribution in [3.8, 4) is 0 Å². The van der Waals surface area contributed by atoms with E-state index in [2.05, 4.69) is 36.0 Å². The summed E-state index contributed by atoms with van der Waals surface area (Å²) in [6, 6.07) is 15.5. The predicted molar refractivity (Wildman–Crippen MR) is 130 cm³/mol. The molecule has 2 saturated heterocycles. The Morgan fingerprint density at radius 3 is 2.38 bits per heavy atom. The molecule has 3 heterocycles. The van der Waals surface area contributed by atoms with Crippen molar-refractivity contribution < 1.29 is 14.0 Å². The topological polar surface area (TPSA) is 78.7 Å². The molecule has 0 saturated carbocycles. The third-order valence-corrected chi connectivity index (χ3v) is 7.19. The van der Waals surface area contributed by atoms with Crippen molar-refractivity contribution in [3.05, 3.63) is 65.5 Å². The van der Waals surface area contributed by atoms with Crippen molar-refractivity contribution in [3.63, 3.8) is 0 Å². The molecule has 1 aromatic heterocycles. The Balaban J connectivity index is 1.24. The van der Waals surface area contributed by atoms with Gasteiger partial charge in [0.1, 0.15) is 11.1 Å². The molecule has 7 heteroatoms. The molecule has 1 atom stereocenters. The fraction of sp³-hybridized carbons (Fsp3) is 0.444. The molecule has 34 heavy (non-hydrogen) atoms. The van der Waals surface area contributed by atoms with Gasteiger partial charge in [-0.2, -0.15) is 0 Å². The Morgan fingerprint density at radius 2 is 1.74 bits per heavy atom. The highest BCUT2D eigenvalue weighted by atomic mass is 16.3. The average molecular weight is 461 g/mol. The van der Waals surface area contributed by atoms with E-state index in [4.69, 9.17) is 4.42 Å². The maximum absolute atomic E-state index is 13.4. The highest BCUT2D eigenvalue weighted by Gasteiger charge is 2.49. The Kier molecular flexibility index (Phi) is 5.47. The van der Waals surface area contributed by atoms with Crippen LogP contribution in [0.5, 0.6) is 0 Å². The lowest BCUT2D eigenvalue weighted by Gasteiger charge is -2.32. The van der Waals surface area contributed by atoms with Crippen LogP contribution in [0.25, 0.3) is 11.1 Å². The molecule has 2 fully saturated rings. The second kappa shape index (κ2) is 8.24. The summed E-state index contributed by atoms with van der Waals surface area (Å²) in [5.74, 6) is 0.822. The van der Waals surface area contributed by atoms with Gasteiger partial charge in [0.15, 0.2) is 11.5 Å². The second-order valence-corrected chi connectivity index (χ2v) is 10.7. The number of rotatable bonds is 4. The van der Waals surface area contributed by atoms with Gasteiger partial charge in [-0.3, -0.25) is 9.69 Å². The number of piperidine rings is 1. The largest absolute Gasteiger partial charge is 0.440 e. The minimum atomic E-state index is -1.05. The molecule has 0 aliphatic carbocycles. The number of benzene rings is 2. The molecule has 3 amide bonds.